The van der Waals surface area contributed by atoms with E-state index in [4.69, 9.17) is 19.3 Å². The van der Waals surface area contributed by atoms with Crippen LogP contribution < -0.4 is 10.6 Å². The Morgan fingerprint density at radius 1 is 0.850 bits per heavy atom. The Labute approximate surface area is 229 Å². The summed E-state index contributed by atoms with van der Waals surface area (Å²) < 4.78 is 15.5. The number of anilines is 2. The lowest BCUT2D eigenvalue weighted by atomic mass is 10.1. The lowest BCUT2D eigenvalue weighted by Crippen LogP contribution is -2.28. The molecule has 216 valence electrons. The number of carboxylic acids is 1. The van der Waals surface area contributed by atoms with E-state index in [1.54, 1.807) is 6.92 Å². The van der Waals surface area contributed by atoms with Gasteiger partial charge in [-0.2, -0.15) is 0 Å². The van der Waals surface area contributed by atoms with Crippen molar-refractivity contribution < 1.29 is 38.8 Å². The summed E-state index contributed by atoms with van der Waals surface area (Å²) >= 11 is 0. The van der Waals surface area contributed by atoms with E-state index in [1.165, 1.54) is 36.4 Å². The molecular formula is C26H32N4O10. The molecule has 4 rings (SSSR count). The molecule has 2 aliphatic rings. The van der Waals surface area contributed by atoms with Gasteiger partial charge in [0.2, 0.25) is 0 Å². The van der Waals surface area contributed by atoms with Gasteiger partial charge >= 0.3 is 11.9 Å². The number of nitro groups is 2. The van der Waals surface area contributed by atoms with E-state index in [-0.39, 0.29) is 41.3 Å². The number of benzene rings is 2. The van der Waals surface area contributed by atoms with Crippen molar-refractivity contribution >= 4 is 34.7 Å². The third-order valence-electron chi connectivity index (χ3n) is 6.32. The first-order chi connectivity index (χ1) is 19.2. The molecule has 2 aliphatic heterocycles. The molecular weight excluding hydrogens is 528 g/mol. The van der Waals surface area contributed by atoms with E-state index in [0.29, 0.717) is 37.7 Å². The second-order valence-electron chi connectivity index (χ2n) is 9.06. The molecule has 0 amide bonds. The number of nitrogens with one attached hydrogen (secondary N) is 2. The Bertz CT molecular complexity index is 1210. The van der Waals surface area contributed by atoms with Gasteiger partial charge in [-0.25, -0.2) is 9.59 Å². The van der Waals surface area contributed by atoms with Gasteiger partial charge in [0.15, 0.2) is 0 Å². The quantitative estimate of drug-likeness (QED) is 0.225. The fourth-order valence-corrected chi connectivity index (χ4v) is 4.23. The lowest BCUT2D eigenvalue weighted by molar-refractivity contribution is -0.385. The van der Waals surface area contributed by atoms with E-state index in [1.807, 2.05) is 0 Å². The van der Waals surface area contributed by atoms with Gasteiger partial charge in [0.1, 0.15) is 0 Å². The first-order valence-electron chi connectivity index (χ1n) is 12.9. The lowest BCUT2D eigenvalue weighted by Gasteiger charge is -2.25. The molecule has 0 aromatic heterocycles. The number of non-ortho nitro benzene ring substituents is 2. The Morgan fingerprint density at radius 2 is 1.27 bits per heavy atom. The van der Waals surface area contributed by atoms with Crippen LogP contribution in [-0.4, -0.2) is 72.0 Å². The highest BCUT2D eigenvalue weighted by Crippen LogP contribution is 2.27. The average Bonchev–Trinajstić information content (AvgIpc) is 2.94. The molecule has 3 N–H and O–H groups in total. The van der Waals surface area contributed by atoms with Crippen molar-refractivity contribution in [2.75, 3.05) is 43.7 Å². The molecule has 2 heterocycles. The fourth-order valence-electron chi connectivity index (χ4n) is 4.23. The van der Waals surface area contributed by atoms with Crippen LogP contribution in [0.15, 0.2) is 36.4 Å². The number of carboxylic acid groups (broad SMARTS) is 1. The van der Waals surface area contributed by atoms with E-state index in [9.17, 15) is 29.8 Å². The minimum Gasteiger partial charge on any atom is -0.478 e. The summed E-state index contributed by atoms with van der Waals surface area (Å²) in [5.41, 5.74) is 0.895. The topological polar surface area (TPSA) is 192 Å². The summed E-state index contributed by atoms with van der Waals surface area (Å²) in [5, 5.41) is 37.0. The number of nitro benzene ring substituents is 2. The standard InChI is InChI=1S/C14H18N2O5.C12H14N2O5/c1-2-21-14(17)12-4-3-11(16(18)19)9-13(12)15-10-5-7-20-8-6-10;15-12(16)10-2-1-9(14(17)18)7-11(10)13-8-3-5-19-6-4-8/h3-4,9-10,15H,2,5-8H2,1H3;1-2,7-8,13H,3-6H2,(H,15,16). The summed E-state index contributed by atoms with van der Waals surface area (Å²) in [5.74, 6) is -1.59. The molecule has 14 nitrogen and oxygen atoms in total. The van der Waals surface area contributed by atoms with Crippen molar-refractivity contribution in [1.29, 1.82) is 0 Å². The normalized spacial score (nSPS) is 15.7. The number of carbonyl (C=O) groups excluding carboxylic acids is 1. The molecule has 14 heteroatoms. The van der Waals surface area contributed by atoms with Gasteiger partial charge in [0.05, 0.1) is 39.0 Å². The van der Waals surface area contributed by atoms with E-state index in [2.05, 4.69) is 10.6 Å². The zero-order valence-electron chi connectivity index (χ0n) is 22.0. The maximum atomic E-state index is 11.9. The maximum absolute atomic E-state index is 11.9. The van der Waals surface area contributed by atoms with Crippen molar-refractivity contribution in [2.45, 2.75) is 44.7 Å². The fraction of sp³-hybridized carbons (Fsp3) is 0.462. The highest BCUT2D eigenvalue weighted by atomic mass is 16.6. The molecule has 0 unspecified atom stereocenters. The van der Waals surface area contributed by atoms with Crippen LogP contribution in [-0.2, 0) is 14.2 Å². The van der Waals surface area contributed by atoms with Crippen LogP contribution in [0.1, 0.15) is 53.3 Å². The Morgan fingerprint density at radius 3 is 1.68 bits per heavy atom. The molecule has 40 heavy (non-hydrogen) atoms. The molecule has 2 aromatic carbocycles. The minimum atomic E-state index is -1.11. The van der Waals surface area contributed by atoms with Crippen LogP contribution in [0.3, 0.4) is 0 Å². The number of ether oxygens (including phenoxy) is 3. The molecule has 0 aliphatic carbocycles. The van der Waals surface area contributed by atoms with Gasteiger partial charge in [-0.05, 0) is 44.7 Å². The highest BCUT2D eigenvalue weighted by Gasteiger charge is 2.22. The van der Waals surface area contributed by atoms with Crippen molar-refractivity contribution in [2.24, 2.45) is 0 Å². The molecule has 2 aromatic rings. The highest BCUT2D eigenvalue weighted by molar-refractivity contribution is 5.96. The van der Waals surface area contributed by atoms with Crippen LogP contribution in [0.2, 0.25) is 0 Å². The van der Waals surface area contributed by atoms with E-state index >= 15 is 0 Å². The van der Waals surface area contributed by atoms with Crippen molar-refractivity contribution in [3.8, 4) is 0 Å². The van der Waals surface area contributed by atoms with Gasteiger partial charge in [0.25, 0.3) is 11.4 Å². The summed E-state index contributed by atoms with van der Waals surface area (Å²) in [6, 6.07) is 8.03. The number of aromatic carboxylic acids is 1. The van der Waals surface area contributed by atoms with Crippen LogP contribution >= 0.6 is 0 Å². The predicted octanol–water partition coefficient (Wildman–Crippen LogP) is 4.25. The number of nitrogens with zero attached hydrogens (tertiary/aromatic N) is 2. The summed E-state index contributed by atoms with van der Waals surface area (Å²) in [6.07, 6.45) is 3.10. The molecule has 0 saturated carbocycles. The van der Waals surface area contributed by atoms with Crippen molar-refractivity contribution in [1.82, 2.24) is 0 Å². The smallest absolute Gasteiger partial charge is 0.340 e. The zero-order valence-corrected chi connectivity index (χ0v) is 22.0. The Kier molecular flexibility index (Phi) is 11.1. The van der Waals surface area contributed by atoms with Gasteiger partial charge < -0.3 is 30.0 Å². The van der Waals surface area contributed by atoms with Gasteiger partial charge in [0, 0.05) is 62.8 Å². The number of rotatable bonds is 9. The average molecular weight is 561 g/mol. The Hall–Kier alpha value is -4.30. The first-order valence-corrected chi connectivity index (χ1v) is 12.9. The van der Waals surface area contributed by atoms with Crippen LogP contribution in [0, 0.1) is 20.2 Å². The largest absolute Gasteiger partial charge is 0.478 e. The number of carbonyl (C=O) groups is 2. The summed E-state index contributed by atoms with van der Waals surface area (Å²) in [6.45, 7) is 4.47. The van der Waals surface area contributed by atoms with Gasteiger partial charge in [-0.1, -0.05) is 0 Å². The third kappa shape index (κ3) is 8.61. The van der Waals surface area contributed by atoms with Crippen molar-refractivity contribution in [3.05, 3.63) is 67.8 Å². The molecule has 2 fully saturated rings. The van der Waals surface area contributed by atoms with Crippen molar-refractivity contribution in [3.63, 3.8) is 0 Å². The van der Waals surface area contributed by atoms with Crippen LogP contribution in [0.4, 0.5) is 22.7 Å². The minimum absolute atomic E-state index is 0.0390. The molecule has 0 bridgehead atoms. The van der Waals surface area contributed by atoms with Gasteiger partial charge in [-0.3, -0.25) is 20.2 Å². The van der Waals surface area contributed by atoms with E-state index in [0.717, 1.165) is 25.7 Å². The molecule has 0 atom stereocenters. The molecule has 0 radical (unpaired) electrons. The molecule has 0 spiro atoms. The number of hydrogen-bond donors (Lipinski definition) is 3. The Balaban J connectivity index is 0.000000222. The first kappa shape index (κ1) is 30.2. The zero-order chi connectivity index (χ0) is 29.1. The SMILES string of the molecule is CCOC(=O)c1ccc([N+](=O)[O-])cc1NC1CCOCC1.O=C(O)c1ccc([N+](=O)[O-])cc1NC1CCOCC1. The third-order valence-corrected chi connectivity index (χ3v) is 6.32. The van der Waals surface area contributed by atoms with E-state index < -0.39 is 21.8 Å². The van der Waals surface area contributed by atoms with Crippen LogP contribution in [0.5, 0.6) is 0 Å². The monoisotopic (exact) mass is 560 g/mol. The number of hydrogen-bond acceptors (Lipinski definition) is 11. The second kappa shape index (κ2) is 14.7. The summed E-state index contributed by atoms with van der Waals surface area (Å²) in [7, 11) is 0. The second-order valence-corrected chi connectivity index (χ2v) is 9.06. The molecule has 2 saturated heterocycles. The summed E-state index contributed by atoms with van der Waals surface area (Å²) in [4.78, 5) is 43.6. The van der Waals surface area contributed by atoms with Gasteiger partial charge in [-0.15, -0.1) is 0 Å². The predicted molar refractivity (Wildman–Crippen MR) is 144 cm³/mol. The maximum Gasteiger partial charge on any atom is 0.340 e. The number of esters is 1. The van der Waals surface area contributed by atoms with Crippen LogP contribution in [0.25, 0.3) is 0 Å².